The highest BCUT2D eigenvalue weighted by molar-refractivity contribution is 7.95. The highest BCUT2D eigenvalue weighted by atomic mass is 35.5. The number of halogens is 2. The summed E-state index contributed by atoms with van der Waals surface area (Å²) in [6.07, 6.45) is 1.24. The maximum absolute atomic E-state index is 14.0. The molecule has 3 aromatic rings. The van der Waals surface area contributed by atoms with Gasteiger partial charge in [-0.2, -0.15) is 5.26 Å². The summed E-state index contributed by atoms with van der Waals surface area (Å²) in [6.45, 7) is -0.149. The van der Waals surface area contributed by atoms with Gasteiger partial charge in [0.15, 0.2) is 0 Å². The van der Waals surface area contributed by atoms with Crippen molar-refractivity contribution in [2.45, 2.75) is 11.5 Å². The Bertz CT molecular complexity index is 1180. The summed E-state index contributed by atoms with van der Waals surface area (Å²) in [7, 11) is -3.98. The summed E-state index contributed by atoms with van der Waals surface area (Å²) >= 11 is 6.02. The van der Waals surface area contributed by atoms with Crippen molar-refractivity contribution in [3.8, 4) is 11.8 Å². The van der Waals surface area contributed by atoms with Gasteiger partial charge >= 0.3 is 0 Å². The predicted octanol–water partition coefficient (Wildman–Crippen LogP) is 5.40. The van der Waals surface area contributed by atoms with Crippen molar-refractivity contribution in [2.24, 2.45) is 0 Å². The summed E-state index contributed by atoms with van der Waals surface area (Å²) in [4.78, 5) is -0.409. The van der Waals surface area contributed by atoms with Crippen molar-refractivity contribution in [1.82, 2.24) is 0 Å². The number of para-hydroxylation sites is 1. The molecule has 7 heteroatoms. The SMILES string of the molecule is N#C/C(=C/c1ccccc1OCc1c(F)cccc1Cl)S(=O)(=O)c1ccccc1. The number of hydrogen-bond acceptors (Lipinski definition) is 4. The van der Waals surface area contributed by atoms with E-state index < -0.39 is 20.6 Å². The van der Waals surface area contributed by atoms with Crippen molar-refractivity contribution in [1.29, 1.82) is 5.26 Å². The topological polar surface area (TPSA) is 67.2 Å². The zero-order valence-corrected chi connectivity index (χ0v) is 16.6. The van der Waals surface area contributed by atoms with Crippen LogP contribution in [0.25, 0.3) is 6.08 Å². The lowest BCUT2D eigenvalue weighted by Gasteiger charge is -2.11. The minimum atomic E-state index is -3.98. The van der Waals surface area contributed by atoms with Gasteiger partial charge in [0.1, 0.15) is 29.1 Å². The summed E-state index contributed by atoms with van der Waals surface area (Å²) in [5.74, 6) is -0.210. The molecule has 0 N–H and O–H groups in total. The van der Waals surface area contributed by atoms with Crippen LogP contribution < -0.4 is 4.74 Å². The molecule has 4 nitrogen and oxygen atoms in total. The fraction of sp³-hybridized carbons (Fsp3) is 0.0455. The fourth-order valence-corrected chi connectivity index (χ4v) is 3.98. The average molecular weight is 428 g/mol. The Morgan fingerprint density at radius 1 is 1.03 bits per heavy atom. The Labute approximate surface area is 173 Å². The van der Waals surface area contributed by atoms with Crippen LogP contribution in [0.4, 0.5) is 4.39 Å². The predicted molar refractivity (Wildman–Crippen MR) is 109 cm³/mol. The van der Waals surface area contributed by atoms with E-state index in [0.717, 1.165) is 0 Å². The summed E-state index contributed by atoms with van der Waals surface area (Å²) in [5, 5.41) is 9.68. The molecule has 0 saturated heterocycles. The highest BCUT2D eigenvalue weighted by Crippen LogP contribution is 2.27. The van der Waals surface area contributed by atoms with E-state index in [9.17, 15) is 18.1 Å². The molecule has 0 aromatic heterocycles. The number of nitrogens with zero attached hydrogens (tertiary/aromatic N) is 1. The Balaban J connectivity index is 1.95. The third kappa shape index (κ3) is 4.65. The van der Waals surface area contributed by atoms with E-state index in [1.165, 1.54) is 30.3 Å². The summed E-state index contributed by atoms with van der Waals surface area (Å²) in [5.41, 5.74) is 0.557. The molecule has 0 amide bonds. The van der Waals surface area contributed by atoms with E-state index >= 15 is 0 Å². The van der Waals surface area contributed by atoms with Gasteiger partial charge in [-0.1, -0.05) is 54.1 Å². The number of hydrogen-bond donors (Lipinski definition) is 0. The number of sulfone groups is 1. The summed E-state index contributed by atoms with van der Waals surface area (Å²) in [6, 6.07) is 20.3. The van der Waals surface area contributed by atoms with Gasteiger partial charge in [-0.25, -0.2) is 12.8 Å². The van der Waals surface area contributed by atoms with Gasteiger partial charge in [0.05, 0.1) is 9.92 Å². The second-order valence-corrected chi connectivity index (χ2v) is 8.29. The van der Waals surface area contributed by atoms with Crippen molar-refractivity contribution < 1.29 is 17.5 Å². The number of allylic oxidation sites excluding steroid dienone is 1. The van der Waals surface area contributed by atoms with Gasteiger partial charge in [0, 0.05) is 11.1 Å². The molecule has 3 aromatic carbocycles. The third-order valence-electron chi connectivity index (χ3n) is 4.09. The number of rotatable bonds is 6. The standard InChI is InChI=1S/C22H15ClFNO3S/c23-20-10-6-11-21(24)19(20)15-28-22-12-5-4-7-16(22)13-18(14-25)29(26,27)17-8-2-1-3-9-17/h1-13H,15H2/b18-13-. The third-order valence-corrected chi connectivity index (χ3v) is 6.13. The fourth-order valence-electron chi connectivity index (χ4n) is 2.59. The van der Waals surface area contributed by atoms with Crippen LogP contribution in [0.3, 0.4) is 0 Å². The molecule has 0 unspecified atom stereocenters. The van der Waals surface area contributed by atoms with Crippen LogP contribution in [0.1, 0.15) is 11.1 Å². The molecule has 0 atom stereocenters. The van der Waals surface area contributed by atoms with Crippen molar-refractivity contribution >= 4 is 27.5 Å². The maximum atomic E-state index is 14.0. The molecule has 29 heavy (non-hydrogen) atoms. The van der Waals surface area contributed by atoms with Crippen LogP contribution in [0.15, 0.2) is 82.6 Å². The average Bonchev–Trinajstić information content (AvgIpc) is 2.73. The molecular formula is C22H15ClFNO3S. The molecular weight excluding hydrogens is 413 g/mol. The molecule has 0 aliphatic rings. The van der Waals surface area contributed by atoms with Crippen molar-refractivity contribution in [3.05, 3.63) is 99.7 Å². The normalized spacial score (nSPS) is 11.7. The van der Waals surface area contributed by atoms with E-state index in [2.05, 4.69) is 0 Å². The number of benzene rings is 3. The smallest absolute Gasteiger partial charge is 0.216 e. The first kappa shape index (κ1) is 20.6. The zero-order chi connectivity index (χ0) is 20.9. The van der Waals surface area contributed by atoms with E-state index in [1.807, 2.05) is 0 Å². The van der Waals surface area contributed by atoms with E-state index in [4.69, 9.17) is 16.3 Å². The van der Waals surface area contributed by atoms with Gasteiger partial charge in [-0.15, -0.1) is 0 Å². The van der Waals surface area contributed by atoms with Gasteiger partial charge in [-0.3, -0.25) is 0 Å². The van der Waals surface area contributed by atoms with Crippen molar-refractivity contribution in [2.75, 3.05) is 0 Å². The monoisotopic (exact) mass is 427 g/mol. The van der Waals surface area contributed by atoms with Crippen LogP contribution in [-0.2, 0) is 16.4 Å². The molecule has 0 saturated carbocycles. The quantitative estimate of drug-likeness (QED) is 0.494. The van der Waals surface area contributed by atoms with Gasteiger partial charge in [0.25, 0.3) is 0 Å². The van der Waals surface area contributed by atoms with Crippen LogP contribution in [0.2, 0.25) is 5.02 Å². The molecule has 0 fully saturated rings. The van der Waals surface area contributed by atoms with Crippen molar-refractivity contribution in [3.63, 3.8) is 0 Å². The highest BCUT2D eigenvalue weighted by Gasteiger charge is 2.21. The van der Waals surface area contributed by atoms with Gasteiger partial charge < -0.3 is 4.74 Å². The summed E-state index contributed by atoms with van der Waals surface area (Å²) < 4.78 is 45.1. The molecule has 0 aliphatic carbocycles. The lowest BCUT2D eigenvalue weighted by molar-refractivity contribution is 0.299. The lowest BCUT2D eigenvalue weighted by Crippen LogP contribution is -2.04. The molecule has 0 aliphatic heterocycles. The first-order valence-electron chi connectivity index (χ1n) is 8.50. The largest absolute Gasteiger partial charge is 0.488 e. The Morgan fingerprint density at radius 3 is 2.41 bits per heavy atom. The second-order valence-electron chi connectivity index (χ2n) is 5.96. The zero-order valence-electron chi connectivity index (χ0n) is 15.0. The van der Waals surface area contributed by atoms with Crippen LogP contribution in [0.5, 0.6) is 5.75 Å². The number of ether oxygens (including phenoxy) is 1. The maximum Gasteiger partial charge on any atom is 0.216 e. The molecule has 0 bridgehead atoms. The van der Waals surface area contributed by atoms with E-state index in [1.54, 1.807) is 54.6 Å². The number of nitriles is 1. The molecule has 0 heterocycles. The van der Waals surface area contributed by atoms with Crippen LogP contribution in [-0.4, -0.2) is 8.42 Å². The molecule has 0 spiro atoms. The lowest BCUT2D eigenvalue weighted by atomic mass is 10.2. The molecule has 3 rings (SSSR count). The first-order chi connectivity index (χ1) is 13.9. The van der Waals surface area contributed by atoms with E-state index in [-0.39, 0.29) is 22.1 Å². The molecule has 0 radical (unpaired) electrons. The van der Waals surface area contributed by atoms with Gasteiger partial charge in [0.2, 0.25) is 9.84 Å². The Hall–Kier alpha value is -3.14. The van der Waals surface area contributed by atoms with Crippen LogP contribution in [0, 0.1) is 17.1 Å². The molecule has 146 valence electrons. The Kier molecular flexibility index (Phi) is 6.32. The minimum absolute atomic E-state index is 0.0179. The van der Waals surface area contributed by atoms with Crippen LogP contribution >= 0.6 is 11.6 Å². The van der Waals surface area contributed by atoms with Gasteiger partial charge in [-0.05, 0) is 36.4 Å². The van der Waals surface area contributed by atoms with E-state index in [0.29, 0.717) is 11.3 Å². The first-order valence-corrected chi connectivity index (χ1v) is 10.4. The second kappa shape index (κ2) is 8.91. The Morgan fingerprint density at radius 2 is 1.72 bits per heavy atom. The minimum Gasteiger partial charge on any atom is -0.488 e.